The van der Waals surface area contributed by atoms with E-state index in [-0.39, 0.29) is 0 Å². The molecule has 0 saturated heterocycles. The van der Waals surface area contributed by atoms with Crippen LogP contribution >= 0.6 is 0 Å². The first kappa shape index (κ1) is 30.7. The molecule has 1 rings (SSSR count). The predicted octanol–water partition coefficient (Wildman–Crippen LogP) is 10.2. The third kappa shape index (κ3) is 23.4. The van der Waals surface area contributed by atoms with Gasteiger partial charge < -0.3 is 5.11 Å². The van der Waals surface area contributed by atoms with Gasteiger partial charge in [0, 0.05) is 6.42 Å². The van der Waals surface area contributed by atoms with Gasteiger partial charge in [0.2, 0.25) is 0 Å². The maximum Gasteiger partial charge on any atom is 0.303 e. The van der Waals surface area contributed by atoms with Crippen LogP contribution in [0.2, 0.25) is 0 Å². The summed E-state index contributed by atoms with van der Waals surface area (Å²) < 4.78 is 0. The zero-order chi connectivity index (χ0) is 23.7. The Labute approximate surface area is 200 Å². The molecule has 0 fully saturated rings. The van der Waals surface area contributed by atoms with E-state index in [1.807, 2.05) is 0 Å². The van der Waals surface area contributed by atoms with E-state index >= 15 is 0 Å². The summed E-state index contributed by atoms with van der Waals surface area (Å²) >= 11 is 0. The van der Waals surface area contributed by atoms with E-state index < -0.39 is 5.97 Å². The van der Waals surface area contributed by atoms with E-state index in [1.165, 1.54) is 120 Å². The topological polar surface area (TPSA) is 37.3 Å². The number of carbonyl (C=O) groups is 1. The Kier molecular flexibility index (Phi) is 23.3. The van der Waals surface area contributed by atoms with E-state index in [0.717, 1.165) is 12.8 Å². The van der Waals surface area contributed by atoms with E-state index in [1.54, 1.807) is 0 Å². The number of hydrogen-bond donors (Lipinski definition) is 1. The summed E-state index contributed by atoms with van der Waals surface area (Å²) in [6.07, 6.45) is 26.1. The quantitative estimate of drug-likeness (QED) is 0.202. The molecule has 0 aromatic heterocycles. The normalized spacial score (nSPS) is 10.6. The lowest BCUT2D eigenvalue weighted by molar-refractivity contribution is -0.137. The number of aliphatic carboxylic acids is 1. The average Bonchev–Trinajstić information content (AvgIpc) is 2.77. The maximum absolute atomic E-state index is 10.4. The molecule has 0 saturated carbocycles. The van der Waals surface area contributed by atoms with Crippen molar-refractivity contribution >= 4 is 5.97 Å². The largest absolute Gasteiger partial charge is 0.481 e. The van der Waals surface area contributed by atoms with Crippen molar-refractivity contribution in [2.75, 3.05) is 0 Å². The van der Waals surface area contributed by atoms with Crippen molar-refractivity contribution in [3.8, 4) is 0 Å². The van der Waals surface area contributed by atoms with E-state index in [4.69, 9.17) is 5.11 Å². The van der Waals surface area contributed by atoms with Crippen molar-refractivity contribution in [3.05, 3.63) is 35.4 Å². The van der Waals surface area contributed by atoms with Gasteiger partial charge in [-0.15, -0.1) is 0 Å². The minimum Gasteiger partial charge on any atom is -0.481 e. The summed E-state index contributed by atoms with van der Waals surface area (Å²) in [7, 11) is 0. The second-order valence-electron chi connectivity index (χ2n) is 9.59. The van der Waals surface area contributed by atoms with Gasteiger partial charge in [0.05, 0.1) is 0 Å². The van der Waals surface area contributed by atoms with Crippen molar-refractivity contribution in [1.29, 1.82) is 0 Å². The molecule has 2 heteroatoms. The first-order chi connectivity index (χ1) is 15.6. The van der Waals surface area contributed by atoms with Crippen molar-refractivity contribution in [2.45, 2.75) is 149 Å². The number of unbranched alkanes of at least 4 members (excludes halogenated alkanes) is 18. The lowest BCUT2D eigenvalue weighted by Gasteiger charge is -2.03. The molecular weight excluding hydrogens is 392 g/mol. The number of rotatable bonds is 20. The molecule has 1 N–H and O–H groups in total. The predicted molar refractivity (Wildman–Crippen MR) is 142 cm³/mol. The van der Waals surface area contributed by atoms with Gasteiger partial charge in [-0.2, -0.15) is 0 Å². The van der Waals surface area contributed by atoms with Crippen LogP contribution in [0.15, 0.2) is 24.3 Å². The minimum absolute atomic E-state index is 0.346. The number of carboxylic acids is 1. The molecule has 1 aromatic carbocycles. The second kappa shape index (κ2) is 24.3. The Morgan fingerprint density at radius 2 is 0.844 bits per heavy atom. The van der Waals surface area contributed by atoms with Gasteiger partial charge in [0.1, 0.15) is 0 Å². The molecule has 1 aromatic rings. The Bertz CT molecular complexity index is 502. The fourth-order valence-corrected chi connectivity index (χ4v) is 4.02. The van der Waals surface area contributed by atoms with Crippen LogP contribution in [0.4, 0.5) is 0 Å². The molecule has 2 nitrogen and oxygen atoms in total. The molecule has 0 aliphatic heterocycles. The zero-order valence-electron chi connectivity index (χ0n) is 21.8. The summed E-state index contributed by atoms with van der Waals surface area (Å²) in [5.41, 5.74) is 2.74. The molecule has 0 aliphatic rings. The van der Waals surface area contributed by atoms with Crippen molar-refractivity contribution in [3.63, 3.8) is 0 Å². The lowest BCUT2D eigenvalue weighted by Crippen LogP contribution is -1.93. The highest BCUT2D eigenvalue weighted by Crippen LogP contribution is 2.14. The molecule has 0 spiro atoms. The highest BCUT2D eigenvalue weighted by atomic mass is 16.4. The molecule has 0 atom stereocenters. The molecule has 0 bridgehead atoms. The smallest absolute Gasteiger partial charge is 0.303 e. The van der Waals surface area contributed by atoms with Gasteiger partial charge in [0.15, 0.2) is 0 Å². The van der Waals surface area contributed by atoms with E-state index in [2.05, 4.69) is 45.0 Å². The number of benzene rings is 1. The Balaban J connectivity index is 0.000000995. The Morgan fingerprint density at radius 1 is 0.562 bits per heavy atom. The van der Waals surface area contributed by atoms with Gasteiger partial charge in [-0.1, -0.05) is 147 Å². The summed E-state index contributed by atoms with van der Waals surface area (Å²) in [4.78, 5) is 10.4. The monoisotopic (exact) mass is 446 g/mol. The SMILES string of the molecule is CCCCCCCCCCCCCCCCCCCCCC(=O)O.Cc1ccccc1C. The molecule has 32 heavy (non-hydrogen) atoms. The molecule has 0 aliphatic carbocycles. The highest BCUT2D eigenvalue weighted by molar-refractivity contribution is 5.66. The van der Waals surface area contributed by atoms with Gasteiger partial charge in [-0.3, -0.25) is 4.79 Å². The number of aryl methyl sites for hydroxylation is 2. The number of carboxylic acid groups (broad SMARTS) is 1. The van der Waals surface area contributed by atoms with Crippen LogP contribution < -0.4 is 0 Å². The molecule has 0 amide bonds. The van der Waals surface area contributed by atoms with E-state index in [9.17, 15) is 4.79 Å². The zero-order valence-corrected chi connectivity index (χ0v) is 21.8. The van der Waals surface area contributed by atoms with Crippen LogP contribution in [0.5, 0.6) is 0 Å². The molecular formula is C30H54O2. The molecule has 0 heterocycles. The Morgan fingerprint density at radius 3 is 1.09 bits per heavy atom. The van der Waals surface area contributed by atoms with Crippen LogP contribution in [0.3, 0.4) is 0 Å². The summed E-state index contributed by atoms with van der Waals surface area (Å²) in [5.74, 6) is -0.651. The molecule has 186 valence electrons. The van der Waals surface area contributed by atoms with Crippen LogP contribution in [0.1, 0.15) is 146 Å². The third-order valence-electron chi connectivity index (χ3n) is 6.42. The first-order valence-corrected chi connectivity index (χ1v) is 13.8. The second-order valence-corrected chi connectivity index (χ2v) is 9.59. The lowest BCUT2D eigenvalue weighted by atomic mass is 10.0. The van der Waals surface area contributed by atoms with Gasteiger partial charge in [0.25, 0.3) is 0 Å². The van der Waals surface area contributed by atoms with Crippen molar-refractivity contribution < 1.29 is 9.90 Å². The van der Waals surface area contributed by atoms with Crippen LogP contribution in [-0.2, 0) is 4.79 Å². The highest BCUT2D eigenvalue weighted by Gasteiger charge is 1.97. The van der Waals surface area contributed by atoms with Gasteiger partial charge >= 0.3 is 5.97 Å². The molecule has 0 unspecified atom stereocenters. The average molecular weight is 447 g/mol. The van der Waals surface area contributed by atoms with Crippen molar-refractivity contribution in [1.82, 2.24) is 0 Å². The van der Waals surface area contributed by atoms with Crippen molar-refractivity contribution in [2.24, 2.45) is 0 Å². The van der Waals surface area contributed by atoms with Gasteiger partial charge in [-0.05, 0) is 31.4 Å². The Hall–Kier alpha value is -1.31. The molecule has 0 radical (unpaired) electrons. The maximum atomic E-state index is 10.4. The first-order valence-electron chi connectivity index (χ1n) is 13.8. The van der Waals surface area contributed by atoms with E-state index in [0.29, 0.717) is 6.42 Å². The standard InChI is InChI=1S/C22H44O2.C8H10/c1-2-3-4-5-6-7-8-9-10-11-12-13-14-15-16-17-18-19-20-21-22(23)24;1-7-5-3-4-6-8(7)2/h2-21H2,1H3,(H,23,24);3-6H,1-2H3. The minimum atomic E-state index is -0.651. The number of hydrogen-bond acceptors (Lipinski definition) is 1. The van der Waals surface area contributed by atoms with Crippen LogP contribution in [-0.4, -0.2) is 11.1 Å². The summed E-state index contributed by atoms with van der Waals surface area (Å²) in [5, 5.41) is 8.56. The van der Waals surface area contributed by atoms with Gasteiger partial charge in [-0.25, -0.2) is 0 Å². The van der Waals surface area contributed by atoms with Crippen LogP contribution in [0.25, 0.3) is 0 Å². The third-order valence-corrected chi connectivity index (χ3v) is 6.42. The summed E-state index contributed by atoms with van der Waals surface area (Å²) in [6, 6.07) is 8.36. The fraction of sp³-hybridized carbons (Fsp3) is 0.767. The van der Waals surface area contributed by atoms with Crippen LogP contribution in [0, 0.1) is 13.8 Å². The summed E-state index contributed by atoms with van der Waals surface area (Å²) in [6.45, 7) is 6.52. The fourth-order valence-electron chi connectivity index (χ4n) is 4.02.